The number of amides is 2. The second-order valence-corrected chi connectivity index (χ2v) is 10.5. The van der Waals surface area contributed by atoms with Gasteiger partial charge in [-0.2, -0.15) is 0 Å². The predicted octanol–water partition coefficient (Wildman–Crippen LogP) is 4.67. The molecule has 0 spiro atoms. The monoisotopic (exact) mass is 564 g/mol. The average molecular weight is 565 g/mol. The molecular formula is C35H40N4O3. The van der Waals surface area contributed by atoms with Crippen LogP contribution < -0.4 is 16.8 Å². The Bertz CT molecular complexity index is 1440. The van der Waals surface area contributed by atoms with Crippen LogP contribution in [0.15, 0.2) is 103 Å². The molecule has 0 fully saturated rings. The number of aryl methyl sites for hydroxylation is 1. The molecule has 7 nitrogen and oxygen atoms in total. The number of phenolic OH excluding ortho intramolecular Hbond substituents is 1. The minimum atomic E-state index is -0.709. The van der Waals surface area contributed by atoms with Gasteiger partial charge in [0.05, 0.1) is 6.04 Å². The minimum Gasteiger partial charge on any atom is -0.508 e. The van der Waals surface area contributed by atoms with Crippen LogP contribution in [0, 0.1) is 0 Å². The summed E-state index contributed by atoms with van der Waals surface area (Å²) in [5.74, 6) is -0.108. The SMILES string of the molecule is NCCNC(=O)c1ccccc1-c1cccc(CN(CCCCc2ccccc2)C(=O)C(N)Cc2ccc(O)cc2)c1. The van der Waals surface area contributed by atoms with E-state index < -0.39 is 6.04 Å². The van der Waals surface area contributed by atoms with Crippen LogP contribution in [-0.4, -0.2) is 47.5 Å². The number of rotatable bonds is 14. The summed E-state index contributed by atoms with van der Waals surface area (Å²) in [4.78, 5) is 28.3. The zero-order chi connectivity index (χ0) is 29.7. The molecule has 7 heteroatoms. The molecule has 0 saturated carbocycles. The maximum atomic E-state index is 13.7. The first-order valence-corrected chi connectivity index (χ1v) is 14.5. The molecule has 0 saturated heterocycles. The van der Waals surface area contributed by atoms with Crippen LogP contribution in [-0.2, 0) is 24.2 Å². The number of nitrogens with two attached hydrogens (primary N) is 2. The molecular weight excluding hydrogens is 524 g/mol. The standard InChI is InChI=1S/C35H40N4O3/c36-20-21-38-34(41)32-15-5-4-14-31(32)29-13-8-12-28(23-29)25-39(22-7-6-11-26-9-2-1-3-10-26)35(42)33(37)24-27-16-18-30(40)19-17-27/h1-5,8-10,12-19,23,33,40H,6-7,11,20-22,24-25,36-37H2,(H,38,41). The summed E-state index contributed by atoms with van der Waals surface area (Å²) < 4.78 is 0. The van der Waals surface area contributed by atoms with Crippen molar-refractivity contribution < 1.29 is 14.7 Å². The van der Waals surface area contributed by atoms with Gasteiger partial charge in [0.15, 0.2) is 0 Å². The van der Waals surface area contributed by atoms with Gasteiger partial charge in [-0.05, 0) is 77.8 Å². The number of phenols is 1. The first kappa shape index (κ1) is 30.5. The number of hydrogen-bond acceptors (Lipinski definition) is 5. The normalized spacial score (nSPS) is 11.6. The van der Waals surface area contributed by atoms with Gasteiger partial charge >= 0.3 is 0 Å². The summed E-state index contributed by atoms with van der Waals surface area (Å²) in [7, 11) is 0. The van der Waals surface area contributed by atoms with Crippen molar-refractivity contribution in [3.8, 4) is 16.9 Å². The Morgan fingerprint density at radius 3 is 2.29 bits per heavy atom. The van der Waals surface area contributed by atoms with Crippen LogP contribution in [0.25, 0.3) is 11.1 Å². The third-order valence-electron chi connectivity index (χ3n) is 7.22. The molecule has 4 aromatic carbocycles. The molecule has 4 aromatic rings. The Labute approximate surface area is 248 Å². The first-order chi connectivity index (χ1) is 20.4. The van der Waals surface area contributed by atoms with Crippen LogP contribution in [0.5, 0.6) is 5.75 Å². The Hall–Kier alpha value is -4.46. The second-order valence-electron chi connectivity index (χ2n) is 10.5. The minimum absolute atomic E-state index is 0.116. The summed E-state index contributed by atoms with van der Waals surface area (Å²) in [6.07, 6.45) is 3.12. The van der Waals surface area contributed by atoms with E-state index in [4.69, 9.17) is 11.5 Å². The summed E-state index contributed by atoms with van der Waals surface area (Å²) in [6.45, 7) is 1.76. The zero-order valence-electron chi connectivity index (χ0n) is 23.9. The van der Waals surface area contributed by atoms with Gasteiger partial charge in [0.2, 0.25) is 5.91 Å². The van der Waals surface area contributed by atoms with Crippen LogP contribution in [0.2, 0.25) is 0 Å². The predicted molar refractivity (Wildman–Crippen MR) is 168 cm³/mol. The third-order valence-corrected chi connectivity index (χ3v) is 7.22. The Balaban J connectivity index is 1.51. The lowest BCUT2D eigenvalue weighted by atomic mass is 9.97. The highest BCUT2D eigenvalue weighted by molar-refractivity contribution is 6.00. The van der Waals surface area contributed by atoms with Crippen molar-refractivity contribution in [3.05, 3.63) is 125 Å². The lowest BCUT2D eigenvalue weighted by Crippen LogP contribution is -2.45. The zero-order valence-corrected chi connectivity index (χ0v) is 23.9. The first-order valence-electron chi connectivity index (χ1n) is 14.5. The van der Waals surface area contributed by atoms with Crippen molar-refractivity contribution >= 4 is 11.8 Å². The maximum absolute atomic E-state index is 13.7. The van der Waals surface area contributed by atoms with Crippen molar-refractivity contribution in [2.75, 3.05) is 19.6 Å². The lowest BCUT2D eigenvalue weighted by molar-refractivity contribution is -0.133. The Morgan fingerprint density at radius 1 is 0.810 bits per heavy atom. The fourth-order valence-corrected chi connectivity index (χ4v) is 5.02. The van der Waals surface area contributed by atoms with E-state index in [0.717, 1.165) is 41.5 Å². The van der Waals surface area contributed by atoms with Crippen molar-refractivity contribution in [1.29, 1.82) is 0 Å². The summed E-state index contributed by atoms with van der Waals surface area (Å²) in [6, 6.07) is 31.9. The highest BCUT2D eigenvalue weighted by Gasteiger charge is 2.22. The molecule has 0 radical (unpaired) electrons. The fourth-order valence-electron chi connectivity index (χ4n) is 5.02. The Morgan fingerprint density at radius 2 is 1.52 bits per heavy atom. The van der Waals surface area contributed by atoms with Crippen LogP contribution in [0.3, 0.4) is 0 Å². The van der Waals surface area contributed by atoms with E-state index >= 15 is 0 Å². The summed E-state index contributed by atoms with van der Waals surface area (Å²) >= 11 is 0. The van der Waals surface area contributed by atoms with E-state index in [0.29, 0.717) is 38.2 Å². The summed E-state index contributed by atoms with van der Waals surface area (Å²) in [5, 5.41) is 12.5. The number of benzene rings is 4. The molecule has 2 amide bonds. The number of carbonyl (C=O) groups excluding carboxylic acids is 2. The molecule has 218 valence electrons. The Kier molecular flexibility index (Phi) is 11.3. The highest BCUT2D eigenvalue weighted by Crippen LogP contribution is 2.25. The number of hydrogen-bond donors (Lipinski definition) is 4. The van der Waals surface area contributed by atoms with Crippen LogP contribution in [0.4, 0.5) is 0 Å². The van der Waals surface area contributed by atoms with E-state index in [1.807, 2.05) is 65.6 Å². The van der Waals surface area contributed by atoms with E-state index in [9.17, 15) is 14.7 Å². The summed E-state index contributed by atoms with van der Waals surface area (Å²) in [5.41, 5.74) is 17.4. The number of aromatic hydroxyl groups is 1. The van der Waals surface area contributed by atoms with Crippen molar-refractivity contribution in [3.63, 3.8) is 0 Å². The number of nitrogens with zero attached hydrogens (tertiary/aromatic N) is 1. The van der Waals surface area contributed by atoms with E-state index in [1.165, 1.54) is 5.56 Å². The van der Waals surface area contributed by atoms with Crippen LogP contribution >= 0.6 is 0 Å². The molecule has 0 heterocycles. The topological polar surface area (TPSA) is 122 Å². The van der Waals surface area contributed by atoms with Crippen molar-refractivity contribution in [1.82, 2.24) is 10.2 Å². The quantitative estimate of drug-likeness (QED) is 0.166. The molecule has 0 aromatic heterocycles. The molecule has 42 heavy (non-hydrogen) atoms. The van der Waals surface area contributed by atoms with Gasteiger partial charge in [-0.15, -0.1) is 0 Å². The molecule has 0 aliphatic rings. The van der Waals surface area contributed by atoms with Crippen LogP contribution in [0.1, 0.15) is 39.9 Å². The average Bonchev–Trinajstić information content (AvgIpc) is 3.02. The van der Waals surface area contributed by atoms with E-state index in [1.54, 1.807) is 30.3 Å². The molecule has 0 aliphatic heterocycles. The molecule has 0 aliphatic carbocycles. The van der Waals surface area contributed by atoms with Gasteiger partial charge in [0.1, 0.15) is 5.75 Å². The number of carbonyl (C=O) groups is 2. The van der Waals surface area contributed by atoms with E-state index in [-0.39, 0.29) is 17.6 Å². The smallest absolute Gasteiger partial charge is 0.251 e. The largest absolute Gasteiger partial charge is 0.508 e. The third kappa shape index (κ3) is 8.77. The lowest BCUT2D eigenvalue weighted by Gasteiger charge is -2.26. The fraction of sp³-hybridized carbons (Fsp3) is 0.257. The van der Waals surface area contributed by atoms with Gasteiger partial charge in [0, 0.05) is 31.7 Å². The van der Waals surface area contributed by atoms with Gasteiger partial charge in [0.25, 0.3) is 5.91 Å². The molecule has 1 unspecified atom stereocenters. The highest BCUT2D eigenvalue weighted by atomic mass is 16.3. The van der Waals surface area contributed by atoms with Crippen molar-refractivity contribution in [2.24, 2.45) is 11.5 Å². The van der Waals surface area contributed by atoms with Gasteiger partial charge in [-0.1, -0.05) is 78.9 Å². The number of unbranched alkanes of at least 4 members (excludes halogenated alkanes) is 1. The van der Waals surface area contributed by atoms with Gasteiger partial charge in [-0.25, -0.2) is 0 Å². The van der Waals surface area contributed by atoms with E-state index in [2.05, 4.69) is 17.4 Å². The molecule has 0 bridgehead atoms. The van der Waals surface area contributed by atoms with Gasteiger partial charge < -0.3 is 26.8 Å². The second kappa shape index (κ2) is 15.5. The molecule has 1 atom stereocenters. The maximum Gasteiger partial charge on any atom is 0.251 e. The molecule has 6 N–H and O–H groups in total. The number of nitrogens with one attached hydrogen (secondary N) is 1. The van der Waals surface area contributed by atoms with Crippen molar-refractivity contribution in [2.45, 2.75) is 38.3 Å². The van der Waals surface area contributed by atoms with Gasteiger partial charge in [-0.3, -0.25) is 9.59 Å². The molecule has 4 rings (SSSR count).